The van der Waals surface area contributed by atoms with Gasteiger partial charge in [0.25, 0.3) is 0 Å². The summed E-state index contributed by atoms with van der Waals surface area (Å²) in [7, 11) is 0. The van der Waals surface area contributed by atoms with Gasteiger partial charge in [-0.05, 0) is 25.5 Å². The molecule has 3 rings (SSSR count). The predicted molar refractivity (Wildman–Crippen MR) is 66.3 cm³/mol. The third-order valence-corrected chi connectivity index (χ3v) is 3.42. The van der Waals surface area contributed by atoms with E-state index in [4.69, 9.17) is 4.74 Å². The van der Waals surface area contributed by atoms with E-state index in [1.807, 2.05) is 0 Å². The van der Waals surface area contributed by atoms with E-state index < -0.39 is 0 Å². The van der Waals surface area contributed by atoms with E-state index in [9.17, 15) is 0 Å². The van der Waals surface area contributed by atoms with E-state index in [0.29, 0.717) is 6.04 Å². The molecule has 86 valence electrons. The van der Waals surface area contributed by atoms with Gasteiger partial charge in [-0.15, -0.1) is 0 Å². The van der Waals surface area contributed by atoms with Gasteiger partial charge < -0.3 is 15.0 Å². The van der Waals surface area contributed by atoms with E-state index in [0.717, 1.165) is 32.7 Å². The first kappa shape index (κ1) is 9.97. The van der Waals surface area contributed by atoms with Gasteiger partial charge >= 0.3 is 0 Å². The van der Waals surface area contributed by atoms with Crippen molar-refractivity contribution in [2.24, 2.45) is 0 Å². The second-order valence-corrected chi connectivity index (χ2v) is 4.65. The highest BCUT2D eigenvalue weighted by Crippen LogP contribution is 2.34. The molecule has 2 aliphatic heterocycles. The molecular weight excluding hydrogens is 200 g/mol. The first-order valence-electron chi connectivity index (χ1n) is 6.06. The number of hydrogen-bond acceptors (Lipinski definition) is 3. The first-order chi connectivity index (χ1) is 7.84. The van der Waals surface area contributed by atoms with E-state index in [1.165, 1.54) is 16.9 Å². The first-order valence-corrected chi connectivity index (χ1v) is 6.06. The van der Waals surface area contributed by atoms with Gasteiger partial charge in [-0.3, -0.25) is 0 Å². The third kappa shape index (κ3) is 1.65. The minimum Gasteiger partial charge on any atom is -0.382 e. The lowest BCUT2D eigenvalue weighted by Crippen LogP contribution is -2.36. The van der Waals surface area contributed by atoms with E-state index in [2.05, 4.69) is 35.3 Å². The minimum atomic E-state index is 0.567. The number of ether oxygens (including phenoxy) is 1. The van der Waals surface area contributed by atoms with Gasteiger partial charge in [-0.1, -0.05) is 6.07 Å². The number of nitrogens with zero attached hydrogens (tertiary/aromatic N) is 1. The Hall–Kier alpha value is -1.22. The van der Waals surface area contributed by atoms with Gasteiger partial charge in [0.2, 0.25) is 0 Å². The van der Waals surface area contributed by atoms with Gasteiger partial charge in [-0.2, -0.15) is 0 Å². The van der Waals surface area contributed by atoms with Crippen LogP contribution in [-0.4, -0.2) is 32.3 Å². The topological polar surface area (TPSA) is 24.5 Å². The van der Waals surface area contributed by atoms with Crippen LogP contribution in [0.25, 0.3) is 0 Å². The summed E-state index contributed by atoms with van der Waals surface area (Å²) in [5, 5.41) is 3.52. The summed E-state index contributed by atoms with van der Waals surface area (Å²) in [5.74, 6) is 0. The van der Waals surface area contributed by atoms with Gasteiger partial charge in [0.15, 0.2) is 0 Å². The number of nitrogens with one attached hydrogen (secondary N) is 1. The molecule has 0 saturated carbocycles. The average Bonchev–Trinajstić information content (AvgIpc) is 2.70. The molecule has 2 aliphatic rings. The molecule has 1 aromatic carbocycles. The smallest absolute Gasteiger partial charge is 0.0642 e. The average molecular weight is 218 g/mol. The van der Waals surface area contributed by atoms with Crippen molar-refractivity contribution in [1.82, 2.24) is 0 Å². The van der Waals surface area contributed by atoms with E-state index in [-0.39, 0.29) is 0 Å². The van der Waals surface area contributed by atoms with Crippen LogP contribution in [0.2, 0.25) is 0 Å². The van der Waals surface area contributed by atoms with Gasteiger partial charge in [0.1, 0.15) is 0 Å². The number of benzene rings is 1. The largest absolute Gasteiger partial charge is 0.382 e. The summed E-state index contributed by atoms with van der Waals surface area (Å²) in [4.78, 5) is 2.45. The number of rotatable bonds is 1. The molecule has 1 unspecified atom stereocenters. The highest BCUT2D eigenvalue weighted by Gasteiger charge is 2.22. The van der Waals surface area contributed by atoms with Crippen LogP contribution in [0.15, 0.2) is 18.2 Å². The molecule has 16 heavy (non-hydrogen) atoms. The SMILES string of the molecule is CC1Cc2c(cccc2N2CCOCC2)N1. The Labute approximate surface area is 96.4 Å². The number of fused-ring (bicyclic) bond motifs is 1. The Kier molecular flexibility index (Phi) is 2.48. The maximum atomic E-state index is 5.40. The molecule has 0 aliphatic carbocycles. The molecular formula is C13H18N2O. The van der Waals surface area contributed by atoms with Crippen LogP contribution >= 0.6 is 0 Å². The summed E-state index contributed by atoms with van der Waals surface area (Å²) in [6.07, 6.45) is 1.14. The van der Waals surface area contributed by atoms with Crippen molar-refractivity contribution in [3.63, 3.8) is 0 Å². The van der Waals surface area contributed by atoms with Crippen LogP contribution in [0.5, 0.6) is 0 Å². The molecule has 0 spiro atoms. The van der Waals surface area contributed by atoms with Crippen LogP contribution in [0.1, 0.15) is 12.5 Å². The molecule has 1 atom stereocenters. The monoisotopic (exact) mass is 218 g/mol. The van der Waals surface area contributed by atoms with Crippen LogP contribution in [0.3, 0.4) is 0 Å². The normalized spacial score (nSPS) is 24.1. The van der Waals surface area contributed by atoms with Crippen molar-refractivity contribution in [1.29, 1.82) is 0 Å². The predicted octanol–water partition coefficient (Wildman–Crippen LogP) is 1.88. The lowest BCUT2D eigenvalue weighted by atomic mass is 10.1. The Balaban J connectivity index is 1.92. The molecule has 1 aromatic rings. The fourth-order valence-corrected chi connectivity index (χ4v) is 2.65. The molecule has 3 heteroatoms. The number of anilines is 2. The summed E-state index contributed by atoms with van der Waals surface area (Å²) in [5.41, 5.74) is 4.20. The summed E-state index contributed by atoms with van der Waals surface area (Å²) >= 11 is 0. The Morgan fingerprint density at radius 3 is 2.94 bits per heavy atom. The molecule has 0 aromatic heterocycles. The molecule has 0 bridgehead atoms. The third-order valence-electron chi connectivity index (χ3n) is 3.42. The molecule has 1 saturated heterocycles. The van der Waals surface area contributed by atoms with Crippen LogP contribution < -0.4 is 10.2 Å². The summed E-state index contributed by atoms with van der Waals surface area (Å²) in [6.45, 7) is 5.98. The van der Waals surface area contributed by atoms with Gasteiger partial charge in [-0.25, -0.2) is 0 Å². The van der Waals surface area contributed by atoms with Crippen LogP contribution in [-0.2, 0) is 11.2 Å². The summed E-state index contributed by atoms with van der Waals surface area (Å²) < 4.78 is 5.40. The van der Waals surface area contributed by atoms with Crippen molar-refractivity contribution in [3.8, 4) is 0 Å². The highest BCUT2D eigenvalue weighted by atomic mass is 16.5. The van der Waals surface area contributed by atoms with Crippen molar-refractivity contribution < 1.29 is 4.74 Å². The highest BCUT2D eigenvalue weighted by molar-refractivity contribution is 5.70. The second-order valence-electron chi connectivity index (χ2n) is 4.65. The standard InChI is InChI=1S/C13H18N2O/c1-10-9-11-12(14-10)3-2-4-13(11)15-5-7-16-8-6-15/h2-4,10,14H,5-9H2,1H3. The number of hydrogen-bond donors (Lipinski definition) is 1. The van der Waals surface area contributed by atoms with E-state index in [1.54, 1.807) is 0 Å². The lowest BCUT2D eigenvalue weighted by Gasteiger charge is -2.30. The van der Waals surface area contributed by atoms with Crippen molar-refractivity contribution in [2.75, 3.05) is 36.5 Å². The molecule has 0 radical (unpaired) electrons. The van der Waals surface area contributed by atoms with Crippen LogP contribution in [0, 0.1) is 0 Å². The maximum Gasteiger partial charge on any atom is 0.0642 e. The summed E-state index contributed by atoms with van der Waals surface area (Å²) in [6, 6.07) is 7.14. The molecule has 0 amide bonds. The Bertz CT molecular complexity index is 386. The van der Waals surface area contributed by atoms with Gasteiger partial charge in [0, 0.05) is 36.1 Å². The molecule has 2 heterocycles. The molecule has 1 N–H and O–H groups in total. The molecule has 3 nitrogen and oxygen atoms in total. The zero-order valence-electron chi connectivity index (χ0n) is 9.70. The number of morpholine rings is 1. The maximum absolute atomic E-state index is 5.40. The zero-order valence-corrected chi connectivity index (χ0v) is 9.70. The fraction of sp³-hybridized carbons (Fsp3) is 0.538. The van der Waals surface area contributed by atoms with Crippen molar-refractivity contribution >= 4 is 11.4 Å². The quantitative estimate of drug-likeness (QED) is 0.779. The Morgan fingerprint density at radius 2 is 2.12 bits per heavy atom. The van der Waals surface area contributed by atoms with Crippen molar-refractivity contribution in [2.45, 2.75) is 19.4 Å². The van der Waals surface area contributed by atoms with E-state index >= 15 is 0 Å². The zero-order chi connectivity index (χ0) is 11.0. The minimum absolute atomic E-state index is 0.567. The molecule has 1 fully saturated rings. The Morgan fingerprint density at radius 1 is 1.31 bits per heavy atom. The fourth-order valence-electron chi connectivity index (χ4n) is 2.65. The lowest BCUT2D eigenvalue weighted by molar-refractivity contribution is 0.122. The van der Waals surface area contributed by atoms with Gasteiger partial charge in [0.05, 0.1) is 13.2 Å². The second kappa shape index (κ2) is 3.98. The van der Waals surface area contributed by atoms with Crippen LogP contribution in [0.4, 0.5) is 11.4 Å². The van der Waals surface area contributed by atoms with Crippen molar-refractivity contribution in [3.05, 3.63) is 23.8 Å².